The number of hydrogen-bond donors (Lipinski definition) is 1. The fraction of sp³-hybridized carbons (Fsp3) is 0.250. The van der Waals surface area contributed by atoms with Crippen LogP contribution >= 0.6 is 0 Å². The minimum atomic E-state index is -0.243. The van der Waals surface area contributed by atoms with Gasteiger partial charge in [-0.1, -0.05) is 18.2 Å². The number of aromatic amines is 1. The Bertz CT molecular complexity index is 1180. The van der Waals surface area contributed by atoms with Gasteiger partial charge in [-0.05, 0) is 36.2 Å². The minimum absolute atomic E-state index is 0.0823. The summed E-state index contributed by atoms with van der Waals surface area (Å²) in [6, 6.07) is 12.6. The largest absolute Gasteiger partial charge is 0.443 e. The minimum Gasteiger partial charge on any atom is -0.443 e. The molecule has 6 nitrogen and oxygen atoms in total. The van der Waals surface area contributed by atoms with Gasteiger partial charge in [0.05, 0.1) is 11.7 Å². The third kappa shape index (κ3) is 3.84. The number of nitrogens with one attached hydrogen (secondary N) is 1. The topological polar surface area (TPSA) is 65.4 Å². The number of nitrogens with zero attached hydrogens (tertiary/aromatic N) is 3. The number of aromatic nitrogens is 2. The molecule has 1 aliphatic heterocycles. The number of benzene rings is 2. The maximum absolute atomic E-state index is 14.6. The van der Waals surface area contributed by atoms with E-state index in [1.54, 1.807) is 12.3 Å². The Morgan fingerprint density at radius 2 is 1.90 bits per heavy atom. The molecule has 5 rings (SSSR count). The van der Waals surface area contributed by atoms with Crippen molar-refractivity contribution in [2.45, 2.75) is 6.42 Å². The molecular formula is C24H23FN4O2. The van der Waals surface area contributed by atoms with Gasteiger partial charge in [0, 0.05) is 55.4 Å². The van der Waals surface area contributed by atoms with Crippen LogP contribution in [-0.4, -0.2) is 58.4 Å². The van der Waals surface area contributed by atoms with Gasteiger partial charge in [-0.2, -0.15) is 0 Å². The molecule has 31 heavy (non-hydrogen) atoms. The fourth-order valence-corrected chi connectivity index (χ4v) is 4.24. The molecule has 1 N–H and O–H groups in total. The van der Waals surface area contributed by atoms with E-state index in [4.69, 9.17) is 4.42 Å². The van der Waals surface area contributed by atoms with E-state index in [9.17, 15) is 9.18 Å². The van der Waals surface area contributed by atoms with E-state index in [1.807, 2.05) is 41.4 Å². The van der Waals surface area contributed by atoms with Crippen molar-refractivity contribution in [3.8, 4) is 11.3 Å². The average molecular weight is 418 g/mol. The first-order chi connectivity index (χ1) is 15.2. The molecule has 2 aromatic heterocycles. The zero-order valence-corrected chi connectivity index (χ0v) is 17.1. The van der Waals surface area contributed by atoms with Crippen molar-refractivity contribution in [1.82, 2.24) is 19.8 Å². The average Bonchev–Trinajstić information content (AvgIpc) is 3.49. The van der Waals surface area contributed by atoms with Crippen LogP contribution in [0, 0.1) is 5.82 Å². The SMILES string of the molecule is O=C(c1ccccc1)N1CCN(CCc2c[nH]c3c(-c4cnco4)ccc(F)c23)CC1. The van der Waals surface area contributed by atoms with Crippen LogP contribution in [0.2, 0.25) is 0 Å². The first-order valence-electron chi connectivity index (χ1n) is 10.4. The summed E-state index contributed by atoms with van der Waals surface area (Å²) in [5.74, 6) is 0.448. The van der Waals surface area contributed by atoms with Gasteiger partial charge in [-0.15, -0.1) is 0 Å². The third-order valence-corrected chi connectivity index (χ3v) is 5.94. The Labute approximate surface area is 179 Å². The standard InChI is InChI=1S/C24H23FN4O2/c25-20-7-6-19(21-15-26-16-31-21)23-22(20)18(14-27-23)8-9-28-10-12-29(13-11-28)24(30)17-4-2-1-3-5-17/h1-7,14-16,27H,8-13H2. The summed E-state index contributed by atoms with van der Waals surface area (Å²) >= 11 is 0. The van der Waals surface area contributed by atoms with Crippen molar-refractivity contribution in [3.05, 3.63) is 78.2 Å². The van der Waals surface area contributed by atoms with Crippen LogP contribution in [0.15, 0.2) is 65.7 Å². The molecule has 1 aliphatic rings. The number of oxazole rings is 1. The summed E-state index contributed by atoms with van der Waals surface area (Å²) in [4.78, 5) is 24.0. The van der Waals surface area contributed by atoms with Gasteiger partial charge in [0.15, 0.2) is 12.2 Å². The highest BCUT2D eigenvalue weighted by Gasteiger charge is 2.22. The Balaban J connectivity index is 1.24. The molecule has 1 amide bonds. The molecule has 0 bridgehead atoms. The second kappa shape index (κ2) is 8.35. The molecule has 0 atom stereocenters. The number of amides is 1. The number of carbonyl (C=O) groups excluding carboxylic acids is 1. The monoisotopic (exact) mass is 418 g/mol. The highest BCUT2D eigenvalue weighted by atomic mass is 19.1. The number of hydrogen-bond acceptors (Lipinski definition) is 4. The molecule has 1 saturated heterocycles. The van der Waals surface area contributed by atoms with Gasteiger partial charge in [-0.25, -0.2) is 9.37 Å². The molecule has 0 saturated carbocycles. The van der Waals surface area contributed by atoms with Crippen LogP contribution < -0.4 is 0 Å². The van der Waals surface area contributed by atoms with E-state index in [2.05, 4.69) is 14.9 Å². The zero-order chi connectivity index (χ0) is 21.2. The molecule has 1 fully saturated rings. The molecule has 0 aliphatic carbocycles. The maximum Gasteiger partial charge on any atom is 0.253 e. The quantitative estimate of drug-likeness (QED) is 0.533. The van der Waals surface area contributed by atoms with Crippen LogP contribution in [0.4, 0.5) is 4.39 Å². The second-order valence-electron chi connectivity index (χ2n) is 7.77. The highest BCUT2D eigenvalue weighted by Crippen LogP contribution is 2.32. The van der Waals surface area contributed by atoms with Crippen LogP contribution in [0.25, 0.3) is 22.2 Å². The van der Waals surface area contributed by atoms with Crippen LogP contribution in [-0.2, 0) is 6.42 Å². The number of carbonyl (C=O) groups is 1. The summed E-state index contributed by atoms with van der Waals surface area (Å²) in [7, 11) is 0. The van der Waals surface area contributed by atoms with Gasteiger partial charge >= 0.3 is 0 Å². The summed E-state index contributed by atoms with van der Waals surface area (Å²) in [6.45, 7) is 3.84. The lowest BCUT2D eigenvalue weighted by atomic mass is 10.0. The number of H-pyrrole nitrogens is 1. The Morgan fingerprint density at radius 3 is 2.65 bits per heavy atom. The highest BCUT2D eigenvalue weighted by molar-refractivity contribution is 5.95. The van der Waals surface area contributed by atoms with Crippen LogP contribution in [0.3, 0.4) is 0 Å². The Hall–Kier alpha value is -3.45. The van der Waals surface area contributed by atoms with E-state index >= 15 is 0 Å². The van der Waals surface area contributed by atoms with Gasteiger partial charge < -0.3 is 14.3 Å². The van der Waals surface area contributed by atoms with E-state index < -0.39 is 0 Å². The molecule has 4 aromatic rings. The predicted molar refractivity (Wildman–Crippen MR) is 116 cm³/mol. The third-order valence-electron chi connectivity index (χ3n) is 5.94. The molecule has 0 radical (unpaired) electrons. The van der Waals surface area contributed by atoms with E-state index in [1.165, 1.54) is 12.5 Å². The fourth-order valence-electron chi connectivity index (χ4n) is 4.24. The number of halogens is 1. The van der Waals surface area contributed by atoms with Crippen LogP contribution in [0.1, 0.15) is 15.9 Å². The molecule has 2 aromatic carbocycles. The molecule has 0 unspecified atom stereocenters. The van der Waals surface area contributed by atoms with Gasteiger partial charge in [0.25, 0.3) is 5.91 Å². The lowest BCUT2D eigenvalue weighted by Gasteiger charge is -2.34. The van der Waals surface area contributed by atoms with Crippen molar-refractivity contribution < 1.29 is 13.6 Å². The molecular weight excluding hydrogens is 395 g/mol. The lowest BCUT2D eigenvalue weighted by Crippen LogP contribution is -2.49. The number of rotatable bonds is 5. The van der Waals surface area contributed by atoms with Crippen molar-refractivity contribution in [2.24, 2.45) is 0 Å². The normalized spacial score (nSPS) is 14.9. The Morgan fingerprint density at radius 1 is 1.10 bits per heavy atom. The van der Waals surface area contributed by atoms with Crippen LogP contribution in [0.5, 0.6) is 0 Å². The molecule has 0 spiro atoms. The first kappa shape index (κ1) is 19.5. The Kier molecular flexibility index (Phi) is 5.26. The van der Waals surface area contributed by atoms with E-state index in [0.29, 0.717) is 24.2 Å². The summed E-state index contributed by atoms with van der Waals surface area (Å²) in [5.41, 5.74) is 3.20. The van der Waals surface area contributed by atoms with E-state index in [-0.39, 0.29) is 11.7 Å². The van der Waals surface area contributed by atoms with Gasteiger partial charge in [-0.3, -0.25) is 9.69 Å². The van der Waals surface area contributed by atoms with Crippen molar-refractivity contribution in [1.29, 1.82) is 0 Å². The molecule has 7 heteroatoms. The van der Waals surface area contributed by atoms with E-state index in [0.717, 1.165) is 48.3 Å². The molecule has 158 valence electrons. The van der Waals surface area contributed by atoms with Crippen molar-refractivity contribution in [3.63, 3.8) is 0 Å². The zero-order valence-electron chi connectivity index (χ0n) is 17.1. The smallest absolute Gasteiger partial charge is 0.253 e. The van der Waals surface area contributed by atoms with Gasteiger partial charge in [0.2, 0.25) is 0 Å². The summed E-state index contributed by atoms with van der Waals surface area (Å²) in [5, 5.41) is 0.604. The number of fused-ring (bicyclic) bond motifs is 1. The summed E-state index contributed by atoms with van der Waals surface area (Å²) in [6.07, 6.45) is 5.60. The maximum atomic E-state index is 14.6. The second-order valence-corrected chi connectivity index (χ2v) is 7.77. The summed E-state index contributed by atoms with van der Waals surface area (Å²) < 4.78 is 20.0. The van der Waals surface area contributed by atoms with Gasteiger partial charge in [0.1, 0.15) is 5.82 Å². The number of piperazine rings is 1. The first-order valence-corrected chi connectivity index (χ1v) is 10.4. The van der Waals surface area contributed by atoms with Crippen molar-refractivity contribution in [2.75, 3.05) is 32.7 Å². The lowest BCUT2D eigenvalue weighted by molar-refractivity contribution is 0.0638. The molecule has 3 heterocycles. The predicted octanol–water partition coefficient (Wildman–Crippen LogP) is 3.96. The van der Waals surface area contributed by atoms with Crippen molar-refractivity contribution >= 4 is 16.8 Å².